The normalized spacial score (nSPS) is 26.3. The Morgan fingerprint density at radius 1 is 0.903 bits per heavy atom. The third kappa shape index (κ3) is 7.88. The van der Waals surface area contributed by atoms with E-state index in [1.165, 1.54) is 51.4 Å². The van der Waals surface area contributed by atoms with Gasteiger partial charge in [0.15, 0.2) is 0 Å². The number of allylic oxidation sites excluding steroid dienone is 2. The van der Waals surface area contributed by atoms with Crippen molar-refractivity contribution in [2.75, 3.05) is 0 Å². The van der Waals surface area contributed by atoms with Crippen molar-refractivity contribution in [1.82, 2.24) is 0 Å². The summed E-state index contributed by atoms with van der Waals surface area (Å²) in [5.41, 5.74) is 0.955. The van der Waals surface area contributed by atoms with Gasteiger partial charge in [-0.15, -0.1) is 0 Å². The molecule has 1 aromatic carbocycles. The first-order valence-corrected chi connectivity index (χ1v) is 12.7. The van der Waals surface area contributed by atoms with E-state index in [0.717, 1.165) is 43.1 Å². The molecule has 0 unspecified atom stereocenters. The molecule has 0 N–H and O–H groups in total. The highest BCUT2D eigenvalue weighted by Gasteiger charge is 2.27. The van der Waals surface area contributed by atoms with Gasteiger partial charge in [0.25, 0.3) is 0 Å². The summed E-state index contributed by atoms with van der Waals surface area (Å²) in [7, 11) is 0. The summed E-state index contributed by atoms with van der Waals surface area (Å²) in [5.74, 6) is 9.45. The van der Waals surface area contributed by atoms with E-state index < -0.39 is 0 Å². The fourth-order valence-corrected chi connectivity index (χ4v) is 5.29. The second-order valence-electron chi connectivity index (χ2n) is 9.65. The van der Waals surface area contributed by atoms with E-state index in [0.29, 0.717) is 11.7 Å². The van der Waals surface area contributed by atoms with Gasteiger partial charge >= 0.3 is 5.97 Å². The molecule has 2 nitrogen and oxygen atoms in total. The number of ether oxygens (including phenoxy) is 1. The number of carbonyl (C=O) groups excluding carboxylic acids is 1. The Labute approximate surface area is 189 Å². The van der Waals surface area contributed by atoms with Crippen LogP contribution in [0.1, 0.15) is 96.5 Å². The van der Waals surface area contributed by atoms with E-state index in [1.807, 2.05) is 30.3 Å². The van der Waals surface area contributed by atoms with Crippen molar-refractivity contribution in [3.8, 4) is 17.6 Å². The summed E-state index contributed by atoms with van der Waals surface area (Å²) in [6.07, 6.45) is 19.2. The van der Waals surface area contributed by atoms with Crippen molar-refractivity contribution < 1.29 is 9.53 Å². The van der Waals surface area contributed by atoms with Crippen molar-refractivity contribution in [2.45, 2.75) is 90.9 Å². The zero-order valence-corrected chi connectivity index (χ0v) is 19.6. The molecule has 2 aliphatic rings. The lowest BCUT2D eigenvalue weighted by atomic mass is 9.80. The van der Waals surface area contributed by atoms with Crippen LogP contribution in [0.15, 0.2) is 36.4 Å². The van der Waals surface area contributed by atoms with E-state index in [2.05, 4.69) is 31.8 Å². The molecule has 1 aromatic rings. The van der Waals surface area contributed by atoms with Crippen molar-refractivity contribution in [2.24, 2.45) is 23.7 Å². The maximum absolute atomic E-state index is 12.5. The van der Waals surface area contributed by atoms with Crippen LogP contribution in [-0.4, -0.2) is 5.97 Å². The first-order valence-electron chi connectivity index (χ1n) is 12.7. The number of hydrogen-bond acceptors (Lipinski definition) is 2. The number of rotatable bonds is 7. The Hall–Kier alpha value is -2.01. The molecule has 0 bridgehead atoms. The molecule has 0 radical (unpaired) electrons. The molecule has 31 heavy (non-hydrogen) atoms. The van der Waals surface area contributed by atoms with Crippen LogP contribution in [0.25, 0.3) is 0 Å². The largest absolute Gasteiger partial charge is 0.426 e. The second kappa shape index (κ2) is 12.7. The zero-order chi connectivity index (χ0) is 21.9. The predicted molar refractivity (Wildman–Crippen MR) is 129 cm³/mol. The summed E-state index contributed by atoms with van der Waals surface area (Å²) in [6.45, 7) is 4.53. The van der Waals surface area contributed by atoms with E-state index in [9.17, 15) is 4.79 Å². The van der Waals surface area contributed by atoms with E-state index in [-0.39, 0.29) is 11.9 Å². The number of hydrogen-bond donors (Lipinski definition) is 0. The highest BCUT2D eigenvalue weighted by molar-refractivity contribution is 5.75. The molecule has 2 heteroatoms. The van der Waals surface area contributed by atoms with Gasteiger partial charge in [0, 0.05) is 5.56 Å². The van der Waals surface area contributed by atoms with Gasteiger partial charge in [-0.25, -0.2) is 0 Å². The maximum atomic E-state index is 12.5. The highest BCUT2D eigenvalue weighted by Crippen LogP contribution is 2.33. The van der Waals surface area contributed by atoms with E-state index >= 15 is 0 Å². The molecule has 2 fully saturated rings. The van der Waals surface area contributed by atoms with Gasteiger partial charge in [0.1, 0.15) is 5.75 Å². The summed E-state index contributed by atoms with van der Waals surface area (Å²) in [5, 5.41) is 0. The molecule has 0 atom stereocenters. The van der Waals surface area contributed by atoms with Crippen molar-refractivity contribution in [3.63, 3.8) is 0 Å². The average molecular weight is 421 g/mol. The van der Waals surface area contributed by atoms with Crippen molar-refractivity contribution >= 4 is 5.97 Å². The Morgan fingerprint density at radius 3 is 2.06 bits per heavy atom. The van der Waals surface area contributed by atoms with Crippen LogP contribution in [0, 0.1) is 35.5 Å². The third-order valence-corrected chi connectivity index (χ3v) is 7.21. The smallest absolute Gasteiger partial charge is 0.314 e. The third-order valence-electron chi connectivity index (χ3n) is 7.21. The van der Waals surface area contributed by atoms with Crippen LogP contribution in [0.2, 0.25) is 0 Å². The number of carbonyl (C=O) groups is 1. The van der Waals surface area contributed by atoms with Gasteiger partial charge < -0.3 is 4.74 Å². The van der Waals surface area contributed by atoms with Crippen LogP contribution in [0.5, 0.6) is 5.75 Å². The molecule has 0 spiro atoms. The van der Waals surface area contributed by atoms with Gasteiger partial charge in [0.2, 0.25) is 0 Å². The van der Waals surface area contributed by atoms with Crippen molar-refractivity contribution in [1.29, 1.82) is 0 Å². The Bertz CT molecular complexity index is 748. The summed E-state index contributed by atoms with van der Waals surface area (Å²) in [6, 6.07) is 7.61. The predicted octanol–water partition coefficient (Wildman–Crippen LogP) is 7.71. The molecule has 3 rings (SSSR count). The molecule has 0 saturated heterocycles. The minimum Gasteiger partial charge on any atom is -0.426 e. The molecule has 0 amide bonds. The number of esters is 1. The topological polar surface area (TPSA) is 26.3 Å². The lowest BCUT2D eigenvalue weighted by Gasteiger charge is -2.26. The van der Waals surface area contributed by atoms with Crippen LogP contribution < -0.4 is 4.74 Å². The maximum Gasteiger partial charge on any atom is 0.314 e. The lowest BCUT2D eigenvalue weighted by molar-refractivity contribution is -0.140. The molecular weight excluding hydrogens is 380 g/mol. The Balaban J connectivity index is 1.41. The van der Waals surface area contributed by atoms with Crippen molar-refractivity contribution in [3.05, 3.63) is 42.0 Å². The van der Waals surface area contributed by atoms with Crippen LogP contribution in [-0.2, 0) is 4.79 Å². The van der Waals surface area contributed by atoms with Crippen LogP contribution >= 0.6 is 0 Å². The zero-order valence-electron chi connectivity index (χ0n) is 19.6. The number of benzene rings is 1. The quantitative estimate of drug-likeness (QED) is 0.256. The molecule has 0 aromatic heterocycles. The minimum absolute atomic E-state index is 0.0645. The van der Waals surface area contributed by atoms with Gasteiger partial charge in [-0.05, 0) is 99.5 Å². The molecule has 2 saturated carbocycles. The average Bonchev–Trinajstić information content (AvgIpc) is 2.80. The monoisotopic (exact) mass is 420 g/mol. The summed E-state index contributed by atoms with van der Waals surface area (Å²) in [4.78, 5) is 12.5. The molecule has 0 aliphatic heterocycles. The van der Waals surface area contributed by atoms with E-state index in [4.69, 9.17) is 4.74 Å². The van der Waals surface area contributed by atoms with Gasteiger partial charge in [-0.2, -0.15) is 0 Å². The van der Waals surface area contributed by atoms with Crippen LogP contribution in [0.4, 0.5) is 0 Å². The van der Waals surface area contributed by atoms with Gasteiger partial charge in [-0.1, -0.05) is 57.4 Å². The fourth-order valence-electron chi connectivity index (χ4n) is 5.29. The van der Waals surface area contributed by atoms with Gasteiger partial charge in [-0.3, -0.25) is 4.79 Å². The SMILES string of the molecule is CCC[C@H]1CC[C@H](/C=C/C#Cc2ccc(OC(=O)[C@H]3CC[C@H](CCC)CC3)cc2)CC1. The molecule has 168 valence electrons. The Kier molecular flexibility index (Phi) is 9.73. The van der Waals surface area contributed by atoms with Crippen LogP contribution in [0.3, 0.4) is 0 Å². The first-order chi connectivity index (χ1) is 15.2. The fraction of sp³-hybridized carbons (Fsp3) is 0.621. The standard InChI is InChI=1S/C29H40O2/c1-3-7-23-11-13-25(14-12-23)9-5-6-10-26-17-21-28(22-18-26)31-29(30)27-19-15-24(8-4-2)16-20-27/h5,9,17-18,21-25,27H,3-4,7-8,11-16,19-20H2,1-2H3/b9-5+/t23-,24-,25-,27-. The molecular formula is C29H40O2. The van der Waals surface area contributed by atoms with E-state index in [1.54, 1.807) is 0 Å². The molecule has 2 aliphatic carbocycles. The highest BCUT2D eigenvalue weighted by atomic mass is 16.5. The molecule has 0 heterocycles. The minimum atomic E-state index is -0.0645. The Morgan fingerprint density at radius 2 is 1.48 bits per heavy atom. The summed E-state index contributed by atoms with van der Waals surface area (Å²) >= 11 is 0. The van der Waals surface area contributed by atoms with Gasteiger partial charge in [0.05, 0.1) is 5.92 Å². The second-order valence-corrected chi connectivity index (χ2v) is 9.65. The summed E-state index contributed by atoms with van der Waals surface area (Å²) < 4.78 is 5.63. The lowest BCUT2D eigenvalue weighted by Crippen LogP contribution is -2.25. The first kappa shape index (κ1) is 23.6.